The molecule has 1 unspecified atom stereocenters. The van der Waals surface area contributed by atoms with Gasteiger partial charge in [0.1, 0.15) is 11.3 Å². The summed E-state index contributed by atoms with van der Waals surface area (Å²) in [5.41, 5.74) is 2.12. The molecule has 1 N–H and O–H groups in total. The minimum absolute atomic E-state index is 0.0167. The number of pyridine rings is 1. The third-order valence-electron chi connectivity index (χ3n) is 3.86. The number of aromatic nitrogens is 1. The SMILES string of the molecule is CC(NC(=O)Cc1ccc2occc2c1)c1ccc(OCC(F)(F)F)cn1. The van der Waals surface area contributed by atoms with Crippen LogP contribution in [0.3, 0.4) is 0 Å². The minimum Gasteiger partial charge on any atom is -0.483 e. The number of fused-ring (bicyclic) bond motifs is 1. The molecule has 0 saturated carbocycles. The average molecular weight is 378 g/mol. The lowest BCUT2D eigenvalue weighted by Crippen LogP contribution is -2.28. The number of nitrogens with zero attached hydrogens (tertiary/aromatic N) is 1. The van der Waals surface area contributed by atoms with Gasteiger partial charge in [-0.2, -0.15) is 13.2 Å². The van der Waals surface area contributed by atoms with Crippen LogP contribution in [-0.4, -0.2) is 23.7 Å². The lowest BCUT2D eigenvalue weighted by atomic mass is 10.1. The number of rotatable bonds is 6. The molecule has 27 heavy (non-hydrogen) atoms. The van der Waals surface area contributed by atoms with Crippen molar-refractivity contribution < 1.29 is 27.1 Å². The number of alkyl halides is 3. The number of carbonyl (C=O) groups excluding carboxylic acids is 1. The molecule has 3 aromatic rings. The standard InChI is InChI=1S/C19H17F3N2O3/c1-12(16-4-3-15(10-23-16)27-11-19(20,21)22)24-18(25)9-13-2-5-17-14(8-13)6-7-26-17/h2-8,10,12H,9,11H2,1H3,(H,24,25). The highest BCUT2D eigenvalue weighted by atomic mass is 19.4. The van der Waals surface area contributed by atoms with Gasteiger partial charge in [0.05, 0.1) is 30.6 Å². The molecule has 0 aliphatic carbocycles. The van der Waals surface area contributed by atoms with Gasteiger partial charge in [-0.15, -0.1) is 0 Å². The number of furan rings is 1. The van der Waals surface area contributed by atoms with Crippen LogP contribution in [0.15, 0.2) is 53.3 Å². The first-order valence-corrected chi connectivity index (χ1v) is 8.21. The lowest BCUT2D eigenvalue weighted by Gasteiger charge is -2.14. The molecule has 1 aromatic carbocycles. The molecule has 0 aliphatic heterocycles. The van der Waals surface area contributed by atoms with E-state index in [9.17, 15) is 18.0 Å². The number of hydrogen-bond acceptors (Lipinski definition) is 4. The second-order valence-corrected chi connectivity index (χ2v) is 6.08. The highest BCUT2D eigenvalue weighted by Gasteiger charge is 2.28. The highest BCUT2D eigenvalue weighted by molar-refractivity contribution is 5.82. The Morgan fingerprint density at radius 3 is 2.78 bits per heavy atom. The predicted octanol–water partition coefficient (Wildman–Crippen LogP) is 4.19. The van der Waals surface area contributed by atoms with Crippen LogP contribution in [0.4, 0.5) is 13.2 Å². The topological polar surface area (TPSA) is 64.4 Å². The number of benzene rings is 1. The number of nitrogens with one attached hydrogen (secondary N) is 1. The summed E-state index contributed by atoms with van der Waals surface area (Å²) in [5, 5.41) is 3.74. The molecule has 142 valence electrons. The Hall–Kier alpha value is -3.03. The van der Waals surface area contributed by atoms with Crippen LogP contribution in [0.2, 0.25) is 0 Å². The van der Waals surface area contributed by atoms with Crippen molar-refractivity contribution >= 4 is 16.9 Å². The van der Waals surface area contributed by atoms with Crippen LogP contribution in [0.5, 0.6) is 5.75 Å². The molecule has 1 atom stereocenters. The summed E-state index contributed by atoms with van der Waals surface area (Å²) in [7, 11) is 0. The van der Waals surface area contributed by atoms with E-state index in [-0.39, 0.29) is 18.1 Å². The normalized spacial score (nSPS) is 12.7. The van der Waals surface area contributed by atoms with Crippen molar-refractivity contribution in [2.24, 2.45) is 0 Å². The fraction of sp³-hybridized carbons (Fsp3) is 0.263. The fourth-order valence-corrected chi connectivity index (χ4v) is 2.58. The third kappa shape index (κ3) is 5.22. The quantitative estimate of drug-likeness (QED) is 0.699. The first-order chi connectivity index (χ1) is 12.8. The second kappa shape index (κ2) is 7.69. The number of halogens is 3. The maximum atomic E-state index is 12.2. The summed E-state index contributed by atoms with van der Waals surface area (Å²) in [6.45, 7) is 0.372. The van der Waals surface area contributed by atoms with Gasteiger partial charge in [0.15, 0.2) is 6.61 Å². The predicted molar refractivity (Wildman–Crippen MR) is 92.3 cm³/mol. The first kappa shape index (κ1) is 18.8. The monoisotopic (exact) mass is 378 g/mol. The summed E-state index contributed by atoms with van der Waals surface area (Å²) in [4.78, 5) is 16.3. The van der Waals surface area contributed by atoms with Crippen molar-refractivity contribution in [3.8, 4) is 5.75 Å². The van der Waals surface area contributed by atoms with Crippen LogP contribution in [-0.2, 0) is 11.2 Å². The Labute approximate surface area is 153 Å². The maximum Gasteiger partial charge on any atom is 0.422 e. The third-order valence-corrected chi connectivity index (χ3v) is 3.86. The van der Waals surface area contributed by atoms with Gasteiger partial charge in [0.25, 0.3) is 0 Å². The fourth-order valence-electron chi connectivity index (χ4n) is 2.58. The van der Waals surface area contributed by atoms with E-state index in [1.807, 2.05) is 24.3 Å². The smallest absolute Gasteiger partial charge is 0.422 e. The van der Waals surface area contributed by atoms with E-state index in [1.165, 1.54) is 18.3 Å². The van der Waals surface area contributed by atoms with Gasteiger partial charge in [0.2, 0.25) is 5.91 Å². The van der Waals surface area contributed by atoms with Gasteiger partial charge in [-0.3, -0.25) is 9.78 Å². The molecule has 0 spiro atoms. The van der Waals surface area contributed by atoms with Crippen LogP contribution in [0.1, 0.15) is 24.2 Å². The van der Waals surface area contributed by atoms with Crippen LogP contribution >= 0.6 is 0 Å². The molecule has 2 heterocycles. The van der Waals surface area contributed by atoms with Crippen molar-refractivity contribution in [3.63, 3.8) is 0 Å². The Bertz CT molecular complexity index is 920. The van der Waals surface area contributed by atoms with E-state index < -0.39 is 18.8 Å². The van der Waals surface area contributed by atoms with Crippen LogP contribution < -0.4 is 10.1 Å². The van der Waals surface area contributed by atoms with Crippen molar-refractivity contribution in [2.45, 2.75) is 25.6 Å². The molecule has 0 radical (unpaired) electrons. The Balaban J connectivity index is 1.55. The Kier molecular flexibility index (Phi) is 5.34. The molecular weight excluding hydrogens is 361 g/mol. The van der Waals surface area contributed by atoms with E-state index in [4.69, 9.17) is 4.42 Å². The van der Waals surface area contributed by atoms with Crippen LogP contribution in [0.25, 0.3) is 11.0 Å². The number of carbonyl (C=O) groups is 1. The van der Waals surface area contributed by atoms with Gasteiger partial charge < -0.3 is 14.5 Å². The molecule has 3 rings (SSSR count). The van der Waals surface area contributed by atoms with Gasteiger partial charge in [-0.1, -0.05) is 6.07 Å². The molecule has 0 saturated heterocycles. The first-order valence-electron chi connectivity index (χ1n) is 8.21. The van der Waals surface area contributed by atoms with E-state index >= 15 is 0 Å². The summed E-state index contributed by atoms with van der Waals surface area (Å²) in [5.74, 6) is -0.174. The van der Waals surface area contributed by atoms with Gasteiger partial charge in [-0.05, 0) is 42.8 Å². The van der Waals surface area contributed by atoms with Gasteiger partial charge in [-0.25, -0.2) is 0 Å². The van der Waals surface area contributed by atoms with Gasteiger partial charge >= 0.3 is 6.18 Å². The van der Waals surface area contributed by atoms with E-state index in [1.54, 1.807) is 13.2 Å². The molecule has 0 bridgehead atoms. The lowest BCUT2D eigenvalue weighted by molar-refractivity contribution is -0.153. The largest absolute Gasteiger partial charge is 0.483 e. The van der Waals surface area contributed by atoms with Crippen molar-refractivity contribution in [1.82, 2.24) is 10.3 Å². The van der Waals surface area contributed by atoms with Crippen LogP contribution in [0, 0.1) is 0 Å². The number of amides is 1. The summed E-state index contributed by atoms with van der Waals surface area (Å²) < 4.78 is 46.3. The van der Waals surface area contributed by atoms with E-state index in [0.717, 1.165) is 16.5 Å². The molecule has 1 amide bonds. The number of hydrogen-bond donors (Lipinski definition) is 1. The zero-order chi connectivity index (χ0) is 19.4. The molecule has 8 heteroatoms. The van der Waals surface area contributed by atoms with Crippen molar-refractivity contribution in [3.05, 3.63) is 60.1 Å². The number of ether oxygens (including phenoxy) is 1. The molecular formula is C19H17F3N2O3. The average Bonchev–Trinajstić information content (AvgIpc) is 3.07. The van der Waals surface area contributed by atoms with Crippen molar-refractivity contribution in [1.29, 1.82) is 0 Å². The maximum absolute atomic E-state index is 12.2. The summed E-state index contributed by atoms with van der Waals surface area (Å²) in [6, 6.07) is 9.85. The molecule has 0 fully saturated rings. The molecule has 5 nitrogen and oxygen atoms in total. The molecule has 0 aliphatic rings. The Morgan fingerprint density at radius 2 is 2.07 bits per heavy atom. The van der Waals surface area contributed by atoms with Gasteiger partial charge in [0, 0.05) is 5.39 Å². The molecule has 2 aromatic heterocycles. The zero-order valence-corrected chi connectivity index (χ0v) is 14.4. The van der Waals surface area contributed by atoms with E-state index in [2.05, 4.69) is 15.0 Å². The minimum atomic E-state index is -4.40. The summed E-state index contributed by atoms with van der Waals surface area (Å²) >= 11 is 0. The van der Waals surface area contributed by atoms with Crippen molar-refractivity contribution in [2.75, 3.05) is 6.61 Å². The second-order valence-electron chi connectivity index (χ2n) is 6.08. The zero-order valence-electron chi connectivity index (χ0n) is 14.4. The Morgan fingerprint density at radius 1 is 1.26 bits per heavy atom. The highest BCUT2D eigenvalue weighted by Crippen LogP contribution is 2.20. The van der Waals surface area contributed by atoms with E-state index in [0.29, 0.717) is 5.69 Å². The summed E-state index contributed by atoms with van der Waals surface area (Å²) in [6.07, 6.45) is -1.42.